The summed E-state index contributed by atoms with van der Waals surface area (Å²) in [6.07, 6.45) is 0. The Morgan fingerprint density at radius 2 is 1.89 bits per heavy atom. The maximum atomic E-state index is 6.38. The molecule has 5 heteroatoms. The van der Waals surface area contributed by atoms with Crippen LogP contribution in [0.5, 0.6) is 5.75 Å². The minimum Gasteiger partial charge on any atom is -0.490 e. The van der Waals surface area contributed by atoms with Crippen molar-refractivity contribution in [3.05, 3.63) is 65.2 Å². The highest BCUT2D eigenvalue weighted by molar-refractivity contribution is 6.33. The first-order chi connectivity index (χ1) is 13.3. The van der Waals surface area contributed by atoms with Crippen LogP contribution in [0.1, 0.15) is 5.56 Å². The summed E-state index contributed by atoms with van der Waals surface area (Å²) >= 11 is 6.38. The SMILES string of the molecule is COCCOc1cc2ccc(-c3ccccc3Cl)cc2cc1C1=NCCN1. The van der Waals surface area contributed by atoms with Gasteiger partial charge in [-0.15, -0.1) is 0 Å². The molecule has 0 bridgehead atoms. The Bertz CT molecular complexity index is 1000. The Labute approximate surface area is 163 Å². The van der Waals surface area contributed by atoms with Crippen LogP contribution in [-0.2, 0) is 4.74 Å². The van der Waals surface area contributed by atoms with Gasteiger partial charge >= 0.3 is 0 Å². The van der Waals surface area contributed by atoms with Gasteiger partial charge in [0.1, 0.15) is 18.2 Å². The van der Waals surface area contributed by atoms with Crippen LogP contribution in [0.25, 0.3) is 21.9 Å². The topological polar surface area (TPSA) is 42.9 Å². The van der Waals surface area contributed by atoms with Crippen molar-refractivity contribution in [2.45, 2.75) is 0 Å². The van der Waals surface area contributed by atoms with E-state index in [4.69, 9.17) is 21.1 Å². The van der Waals surface area contributed by atoms with Gasteiger partial charge in [0, 0.05) is 24.2 Å². The number of fused-ring (bicyclic) bond motifs is 1. The minimum absolute atomic E-state index is 0.500. The molecule has 0 spiro atoms. The molecule has 0 amide bonds. The molecule has 1 heterocycles. The molecule has 0 unspecified atom stereocenters. The molecule has 4 rings (SSSR count). The third kappa shape index (κ3) is 3.77. The Hall–Kier alpha value is -2.56. The molecule has 4 nitrogen and oxygen atoms in total. The first-order valence-corrected chi connectivity index (χ1v) is 9.37. The third-order valence-electron chi connectivity index (χ3n) is 4.60. The lowest BCUT2D eigenvalue weighted by atomic mass is 9.99. The average molecular weight is 381 g/mol. The molecule has 1 N–H and O–H groups in total. The Morgan fingerprint density at radius 3 is 2.67 bits per heavy atom. The number of rotatable bonds is 6. The number of methoxy groups -OCH3 is 1. The van der Waals surface area contributed by atoms with Crippen molar-refractivity contribution in [1.29, 1.82) is 0 Å². The molecule has 0 radical (unpaired) electrons. The van der Waals surface area contributed by atoms with Crippen molar-refractivity contribution in [3.63, 3.8) is 0 Å². The maximum absolute atomic E-state index is 6.38. The monoisotopic (exact) mass is 380 g/mol. The van der Waals surface area contributed by atoms with E-state index >= 15 is 0 Å². The third-order valence-corrected chi connectivity index (χ3v) is 4.93. The first kappa shape index (κ1) is 17.8. The second-order valence-electron chi connectivity index (χ2n) is 6.39. The summed E-state index contributed by atoms with van der Waals surface area (Å²) in [7, 11) is 1.67. The van der Waals surface area contributed by atoms with Crippen LogP contribution in [0.15, 0.2) is 59.6 Å². The fourth-order valence-electron chi connectivity index (χ4n) is 3.26. The molecule has 3 aromatic carbocycles. The van der Waals surface area contributed by atoms with Gasteiger partial charge in [0.15, 0.2) is 0 Å². The minimum atomic E-state index is 0.500. The zero-order valence-corrected chi connectivity index (χ0v) is 15.9. The summed E-state index contributed by atoms with van der Waals surface area (Å²) in [6.45, 7) is 2.68. The fraction of sp³-hybridized carbons (Fsp3) is 0.227. The quantitative estimate of drug-likeness (QED) is 0.638. The number of halogens is 1. The van der Waals surface area contributed by atoms with E-state index in [9.17, 15) is 0 Å². The summed E-state index contributed by atoms with van der Waals surface area (Å²) in [5.74, 6) is 1.70. The average Bonchev–Trinajstić information content (AvgIpc) is 3.22. The Morgan fingerprint density at radius 1 is 1.00 bits per heavy atom. The number of nitrogens with one attached hydrogen (secondary N) is 1. The summed E-state index contributed by atoms with van der Waals surface area (Å²) in [5.41, 5.74) is 3.10. The summed E-state index contributed by atoms with van der Waals surface area (Å²) < 4.78 is 11.1. The predicted octanol–water partition coefficient (Wildman–Crippen LogP) is 4.54. The van der Waals surface area contributed by atoms with Crippen molar-refractivity contribution < 1.29 is 9.47 Å². The molecule has 1 aliphatic rings. The van der Waals surface area contributed by atoms with E-state index in [0.29, 0.717) is 13.2 Å². The maximum Gasteiger partial charge on any atom is 0.132 e. The largest absolute Gasteiger partial charge is 0.490 e. The van der Waals surface area contributed by atoms with E-state index in [-0.39, 0.29) is 0 Å². The number of ether oxygens (including phenoxy) is 2. The van der Waals surface area contributed by atoms with Crippen molar-refractivity contribution in [1.82, 2.24) is 5.32 Å². The molecule has 27 heavy (non-hydrogen) atoms. The lowest BCUT2D eigenvalue weighted by Gasteiger charge is -2.14. The number of hydrogen-bond donors (Lipinski definition) is 1. The van der Waals surface area contributed by atoms with Gasteiger partial charge in [-0.3, -0.25) is 4.99 Å². The van der Waals surface area contributed by atoms with Crippen molar-refractivity contribution >= 4 is 28.2 Å². The molecule has 0 aromatic heterocycles. The summed E-state index contributed by atoms with van der Waals surface area (Å²) in [6, 6.07) is 18.5. The van der Waals surface area contributed by atoms with Gasteiger partial charge in [-0.25, -0.2) is 0 Å². The van der Waals surface area contributed by atoms with Gasteiger partial charge in [-0.2, -0.15) is 0 Å². The molecular weight excluding hydrogens is 360 g/mol. The van der Waals surface area contributed by atoms with E-state index in [0.717, 1.165) is 57.2 Å². The first-order valence-electron chi connectivity index (χ1n) is 8.99. The highest BCUT2D eigenvalue weighted by Crippen LogP contribution is 2.33. The van der Waals surface area contributed by atoms with Crippen LogP contribution in [-0.4, -0.2) is 39.2 Å². The molecule has 0 saturated heterocycles. The van der Waals surface area contributed by atoms with Crippen molar-refractivity contribution in [2.24, 2.45) is 4.99 Å². The fourth-order valence-corrected chi connectivity index (χ4v) is 3.50. The van der Waals surface area contributed by atoms with Gasteiger partial charge in [0.2, 0.25) is 0 Å². The number of nitrogens with zero attached hydrogens (tertiary/aromatic N) is 1. The number of aliphatic imine (C=N–C) groups is 1. The number of amidine groups is 1. The second kappa shape index (κ2) is 7.99. The lowest BCUT2D eigenvalue weighted by Crippen LogP contribution is -2.20. The lowest BCUT2D eigenvalue weighted by molar-refractivity contribution is 0.146. The zero-order valence-electron chi connectivity index (χ0n) is 15.2. The highest BCUT2D eigenvalue weighted by Gasteiger charge is 2.16. The summed E-state index contributed by atoms with van der Waals surface area (Å²) in [5, 5.41) is 6.32. The van der Waals surface area contributed by atoms with Crippen LogP contribution in [0, 0.1) is 0 Å². The van der Waals surface area contributed by atoms with E-state index in [1.165, 1.54) is 0 Å². The van der Waals surface area contributed by atoms with Gasteiger partial charge in [0.25, 0.3) is 0 Å². The van der Waals surface area contributed by atoms with Crippen LogP contribution < -0.4 is 10.1 Å². The normalized spacial score (nSPS) is 13.5. The van der Waals surface area contributed by atoms with E-state index < -0.39 is 0 Å². The van der Waals surface area contributed by atoms with Gasteiger partial charge in [-0.05, 0) is 40.6 Å². The van der Waals surface area contributed by atoms with Gasteiger partial charge < -0.3 is 14.8 Å². The highest BCUT2D eigenvalue weighted by atomic mass is 35.5. The van der Waals surface area contributed by atoms with Crippen LogP contribution in [0.3, 0.4) is 0 Å². The molecule has 138 valence electrons. The number of hydrogen-bond acceptors (Lipinski definition) is 4. The van der Waals surface area contributed by atoms with E-state index in [1.807, 2.05) is 24.3 Å². The molecule has 0 atom stereocenters. The van der Waals surface area contributed by atoms with Gasteiger partial charge in [0.05, 0.1) is 18.7 Å². The van der Waals surface area contributed by atoms with Crippen LogP contribution in [0.4, 0.5) is 0 Å². The molecule has 3 aromatic rings. The molecule has 0 aliphatic carbocycles. The molecule has 0 fully saturated rings. The molecule has 1 aliphatic heterocycles. The Balaban J connectivity index is 1.79. The van der Waals surface area contributed by atoms with E-state index in [1.54, 1.807) is 7.11 Å². The Kier molecular flexibility index (Phi) is 5.28. The second-order valence-corrected chi connectivity index (χ2v) is 6.80. The van der Waals surface area contributed by atoms with Crippen LogP contribution >= 0.6 is 11.6 Å². The van der Waals surface area contributed by atoms with Crippen molar-refractivity contribution in [3.8, 4) is 16.9 Å². The standard InChI is InChI=1S/C22H21ClN2O2/c1-26-10-11-27-21-14-15-6-7-16(18-4-2-3-5-20(18)23)12-17(15)13-19(21)22-24-8-9-25-22/h2-7,12-14H,8-11H2,1H3,(H,24,25). The molecule has 0 saturated carbocycles. The summed E-state index contributed by atoms with van der Waals surface area (Å²) in [4.78, 5) is 4.57. The molecular formula is C22H21ClN2O2. The van der Waals surface area contributed by atoms with E-state index in [2.05, 4.69) is 40.6 Å². The van der Waals surface area contributed by atoms with Gasteiger partial charge in [-0.1, -0.05) is 41.9 Å². The zero-order chi connectivity index (χ0) is 18.6. The van der Waals surface area contributed by atoms with Crippen molar-refractivity contribution in [2.75, 3.05) is 33.4 Å². The predicted molar refractivity (Wildman–Crippen MR) is 111 cm³/mol. The smallest absolute Gasteiger partial charge is 0.132 e. The number of benzene rings is 3. The van der Waals surface area contributed by atoms with Crippen LogP contribution in [0.2, 0.25) is 5.02 Å².